The fraction of sp³-hybridized carbons (Fsp3) is 0.375. The second kappa shape index (κ2) is 12.2. The lowest BCUT2D eigenvalue weighted by atomic mass is 9.89. The third-order valence-electron chi connectivity index (χ3n) is 7.85. The van der Waals surface area contributed by atoms with Crippen LogP contribution in [0.3, 0.4) is 0 Å². The van der Waals surface area contributed by atoms with Crippen LogP contribution < -0.4 is 19.7 Å². The van der Waals surface area contributed by atoms with Crippen molar-refractivity contribution in [2.75, 3.05) is 50.6 Å². The van der Waals surface area contributed by atoms with Gasteiger partial charge in [0.15, 0.2) is 0 Å². The number of methoxy groups -OCH3 is 2. The van der Waals surface area contributed by atoms with Crippen molar-refractivity contribution in [3.63, 3.8) is 0 Å². The molecule has 39 heavy (non-hydrogen) atoms. The van der Waals surface area contributed by atoms with Crippen molar-refractivity contribution in [1.29, 1.82) is 0 Å². The third-order valence-corrected chi connectivity index (χ3v) is 7.85. The van der Waals surface area contributed by atoms with E-state index in [4.69, 9.17) is 9.47 Å². The minimum atomic E-state index is -0.302. The Labute approximate surface area is 230 Å². The van der Waals surface area contributed by atoms with Crippen molar-refractivity contribution >= 4 is 23.2 Å². The van der Waals surface area contributed by atoms with Crippen molar-refractivity contribution < 1.29 is 19.1 Å². The molecule has 0 atom stereocenters. The van der Waals surface area contributed by atoms with Gasteiger partial charge in [-0.2, -0.15) is 0 Å². The van der Waals surface area contributed by atoms with Gasteiger partial charge in [-0.15, -0.1) is 0 Å². The number of piperidine rings is 1. The molecule has 0 unspecified atom stereocenters. The molecule has 204 valence electrons. The molecule has 2 aliphatic heterocycles. The third kappa shape index (κ3) is 6.19. The lowest BCUT2D eigenvalue weighted by Gasteiger charge is -2.35. The van der Waals surface area contributed by atoms with Crippen LogP contribution in [0.2, 0.25) is 0 Å². The van der Waals surface area contributed by atoms with Gasteiger partial charge in [-0.25, -0.2) is 0 Å². The Balaban J connectivity index is 1.35. The number of hydrogen-bond donors (Lipinski definition) is 1. The van der Waals surface area contributed by atoms with Gasteiger partial charge in [-0.05, 0) is 73.9 Å². The van der Waals surface area contributed by atoms with Crippen LogP contribution in [0.25, 0.3) is 0 Å². The lowest BCUT2D eigenvalue weighted by Crippen LogP contribution is -2.36. The zero-order chi connectivity index (χ0) is 27.2. The number of amides is 2. The minimum Gasteiger partial charge on any atom is -0.497 e. The molecule has 2 aliphatic rings. The Morgan fingerprint density at radius 2 is 1.59 bits per heavy atom. The molecule has 7 nitrogen and oxygen atoms in total. The van der Waals surface area contributed by atoms with Crippen molar-refractivity contribution in [2.45, 2.75) is 32.1 Å². The fourth-order valence-corrected chi connectivity index (χ4v) is 5.66. The predicted octanol–water partition coefficient (Wildman–Crippen LogP) is 5.65. The molecular weight excluding hydrogens is 490 g/mol. The zero-order valence-corrected chi connectivity index (χ0v) is 22.8. The molecule has 0 aliphatic carbocycles. The number of rotatable bonds is 8. The van der Waals surface area contributed by atoms with E-state index in [0.717, 1.165) is 64.0 Å². The van der Waals surface area contributed by atoms with Gasteiger partial charge < -0.3 is 24.6 Å². The summed E-state index contributed by atoms with van der Waals surface area (Å²) in [5.74, 6) is 1.41. The van der Waals surface area contributed by atoms with E-state index in [-0.39, 0.29) is 11.8 Å². The number of benzene rings is 3. The Bertz CT molecular complexity index is 1300. The molecule has 0 radical (unpaired) electrons. The summed E-state index contributed by atoms with van der Waals surface area (Å²) in [5.41, 5.74) is 3.97. The topological polar surface area (TPSA) is 71.1 Å². The van der Waals surface area contributed by atoms with Crippen LogP contribution in [0.1, 0.15) is 52.0 Å². The Morgan fingerprint density at radius 1 is 0.846 bits per heavy atom. The molecule has 2 heterocycles. The van der Waals surface area contributed by atoms with Gasteiger partial charge in [0, 0.05) is 43.6 Å². The monoisotopic (exact) mass is 527 g/mol. The molecule has 3 aromatic rings. The smallest absolute Gasteiger partial charge is 0.259 e. The maximum atomic E-state index is 13.6. The van der Waals surface area contributed by atoms with E-state index < -0.39 is 0 Å². The average molecular weight is 528 g/mol. The predicted molar refractivity (Wildman–Crippen MR) is 154 cm³/mol. The van der Waals surface area contributed by atoms with E-state index in [0.29, 0.717) is 34.2 Å². The number of anilines is 2. The molecule has 7 heteroatoms. The molecule has 0 spiro atoms. The molecule has 1 N–H and O–H groups in total. The Morgan fingerprint density at radius 3 is 2.28 bits per heavy atom. The highest BCUT2D eigenvalue weighted by molar-refractivity contribution is 6.08. The number of hydrogen-bond acceptors (Lipinski definition) is 5. The second-order valence-corrected chi connectivity index (χ2v) is 10.4. The maximum Gasteiger partial charge on any atom is 0.259 e. The molecule has 0 saturated carbocycles. The summed E-state index contributed by atoms with van der Waals surface area (Å²) in [6.45, 7) is 3.37. The number of likely N-dealkylation sites (tertiary alicyclic amines) is 1. The molecule has 5 rings (SSSR count). The molecule has 2 amide bonds. The van der Waals surface area contributed by atoms with Gasteiger partial charge >= 0.3 is 0 Å². The molecule has 3 aromatic carbocycles. The standard InChI is InChI=1S/C32H37N3O4/c1-38-26-11-12-27(30(22-26)39-2)31(36)33-25-10-13-29(28(21-25)32(37)35-16-6-7-17-35)34-18-14-24(15-19-34)20-23-8-4-3-5-9-23/h3-5,8-13,21-22,24H,6-7,14-20H2,1-2H3,(H,33,36). The summed E-state index contributed by atoms with van der Waals surface area (Å²) >= 11 is 0. The van der Waals surface area contributed by atoms with Crippen LogP contribution in [-0.2, 0) is 6.42 Å². The highest BCUT2D eigenvalue weighted by Gasteiger charge is 2.27. The van der Waals surface area contributed by atoms with E-state index >= 15 is 0 Å². The van der Waals surface area contributed by atoms with Crippen molar-refractivity contribution in [3.8, 4) is 11.5 Å². The van der Waals surface area contributed by atoms with Crippen LogP contribution in [0.5, 0.6) is 11.5 Å². The lowest BCUT2D eigenvalue weighted by molar-refractivity contribution is 0.0793. The average Bonchev–Trinajstić information content (AvgIpc) is 3.52. The van der Waals surface area contributed by atoms with E-state index in [1.807, 2.05) is 23.1 Å². The van der Waals surface area contributed by atoms with Gasteiger partial charge in [-0.1, -0.05) is 30.3 Å². The Hall–Kier alpha value is -4.00. The number of nitrogens with zero attached hydrogens (tertiary/aromatic N) is 2. The second-order valence-electron chi connectivity index (χ2n) is 10.4. The highest BCUT2D eigenvalue weighted by Crippen LogP contribution is 2.32. The van der Waals surface area contributed by atoms with Crippen LogP contribution in [0.15, 0.2) is 66.7 Å². The molecule has 0 bridgehead atoms. The summed E-state index contributed by atoms with van der Waals surface area (Å²) in [5, 5.41) is 2.97. The van der Waals surface area contributed by atoms with Gasteiger partial charge in [0.25, 0.3) is 11.8 Å². The van der Waals surface area contributed by atoms with Crippen LogP contribution in [0.4, 0.5) is 11.4 Å². The molecule has 2 saturated heterocycles. The minimum absolute atomic E-state index is 0.0343. The quantitative estimate of drug-likeness (QED) is 0.410. The van der Waals surface area contributed by atoms with E-state index in [1.165, 1.54) is 12.7 Å². The van der Waals surface area contributed by atoms with Gasteiger partial charge in [0.1, 0.15) is 11.5 Å². The van der Waals surface area contributed by atoms with Gasteiger partial charge in [-0.3, -0.25) is 9.59 Å². The first kappa shape index (κ1) is 26.6. The zero-order valence-electron chi connectivity index (χ0n) is 22.8. The van der Waals surface area contributed by atoms with E-state index in [2.05, 4.69) is 40.5 Å². The van der Waals surface area contributed by atoms with Crippen molar-refractivity contribution in [2.24, 2.45) is 5.92 Å². The van der Waals surface area contributed by atoms with Gasteiger partial charge in [0.05, 0.1) is 25.3 Å². The molecule has 0 aromatic heterocycles. The first-order chi connectivity index (χ1) is 19.1. The van der Waals surface area contributed by atoms with Crippen molar-refractivity contribution in [3.05, 3.63) is 83.4 Å². The van der Waals surface area contributed by atoms with Gasteiger partial charge in [0.2, 0.25) is 0 Å². The maximum absolute atomic E-state index is 13.6. The highest BCUT2D eigenvalue weighted by atomic mass is 16.5. The number of carbonyl (C=O) groups is 2. The normalized spacial score (nSPS) is 15.7. The SMILES string of the molecule is COc1ccc(C(=O)Nc2ccc(N3CCC(Cc4ccccc4)CC3)c(C(=O)N3CCCC3)c2)c(OC)c1. The summed E-state index contributed by atoms with van der Waals surface area (Å²) in [6.07, 6.45) is 5.32. The fourth-order valence-electron chi connectivity index (χ4n) is 5.66. The summed E-state index contributed by atoms with van der Waals surface area (Å²) in [6, 6.07) is 21.5. The number of ether oxygens (including phenoxy) is 2. The summed E-state index contributed by atoms with van der Waals surface area (Å²) in [7, 11) is 3.09. The number of carbonyl (C=O) groups excluding carboxylic acids is 2. The van der Waals surface area contributed by atoms with Crippen LogP contribution in [-0.4, -0.2) is 57.1 Å². The van der Waals surface area contributed by atoms with E-state index in [1.54, 1.807) is 25.3 Å². The molecule has 2 fully saturated rings. The van der Waals surface area contributed by atoms with Crippen molar-refractivity contribution in [1.82, 2.24) is 4.90 Å². The Kier molecular flexibility index (Phi) is 8.35. The largest absolute Gasteiger partial charge is 0.497 e. The first-order valence-corrected chi connectivity index (χ1v) is 13.8. The number of nitrogens with one attached hydrogen (secondary N) is 1. The van der Waals surface area contributed by atoms with E-state index in [9.17, 15) is 9.59 Å². The van der Waals surface area contributed by atoms with Crippen LogP contribution >= 0.6 is 0 Å². The first-order valence-electron chi connectivity index (χ1n) is 13.8. The summed E-state index contributed by atoms with van der Waals surface area (Å²) in [4.78, 5) is 31.1. The van der Waals surface area contributed by atoms with Crippen LogP contribution in [0, 0.1) is 5.92 Å². The molecular formula is C32H37N3O4. The summed E-state index contributed by atoms with van der Waals surface area (Å²) < 4.78 is 10.7.